The quantitative estimate of drug-likeness (QED) is 0.546. The number of carbonyl (C=O) groups is 4. The number of amides is 4. The van der Waals surface area contributed by atoms with Crippen molar-refractivity contribution in [3.8, 4) is 0 Å². The molecule has 0 aromatic heterocycles. The van der Waals surface area contributed by atoms with E-state index in [2.05, 4.69) is 16.0 Å². The van der Waals surface area contributed by atoms with Crippen LogP contribution in [0.3, 0.4) is 0 Å². The van der Waals surface area contributed by atoms with Gasteiger partial charge in [0.15, 0.2) is 0 Å². The summed E-state index contributed by atoms with van der Waals surface area (Å²) in [6.07, 6.45) is 0.785. The van der Waals surface area contributed by atoms with E-state index in [1.165, 1.54) is 6.07 Å². The molecular formula is C18H23N3O5. The second kappa shape index (κ2) is 7.15. The normalized spacial score (nSPS) is 19.7. The number of hydrogen-bond donors (Lipinski definition) is 4. The second-order valence-corrected chi connectivity index (χ2v) is 6.59. The average molecular weight is 361 g/mol. The Balaban J connectivity index is 2.20. The number of carboxylic acids is 1. The third-order valence-corrected chi connectivity index (χ3v) is 5.14. The topological polar surface area (TPSA) is 125 Å². The van der Waals surface area contributed by atoms with Gasteiger partial charge in [-0.1, -0.05) is 26.0 Å². The fourth-order valence-electron chi connectivity index (χ4n) is 2.95. The fraction of sp³-hybridized carbons (Fsp3) is 0.444. The molecule has 0 aliphatic carbocycles. The van der Waals surface area contributed by atoms with Crippen molar-refractivity contribution in [2.75, 3.05) is 6.54 Å². The first kappa shape index (κ1) is 19.4. The summed E-state index contributed by atoms with van der Waals surface area (Å²) in [6, 6.07) is 5.74. The number of carboxylic acid groups (broad SMARTS) is 1. The largest absolute Gasteiger partial charge is 0.481 e. The first-order valence-corrected chi connectivity index (χ1v) is 8.44. The molecule has 1 saturated heterocycles. The highest BCUT2D eigenvalue weighted by Gasteiger charge is 2.43. The lowest BCUT2D eigenvalue weighted by Crippen LogP contribution is -2.43. The van der Waals surface area contributed by atoms with Crippen LogP contribution in [-0.2, 0) is 15.1 Å². The van der Waals surface area contributed by atoms with Crippen molar-refractivity contribution in [2.24, 2.45) is 5.41 Å². The molecule has 0 saturated carbocycles. The van der Waals surface area contributed by atoms with Crippen LogP contribution in [-0.4, -0.2) is 35.5 Å². The van der Waals surface area contributed by atoms with Gasteiger partial charge < -0.3 is 15.7 Å². The molecule has 1 atom stereocenters. The van der Waals surface area contributed by atoms with Gasteiger partial charge in [-0.15, -0.1) is 0 Å². The van der Waals surface area contributed by atoms with Crippen molar-refractivity contribution < 1.29 is 24.3 Å². The van der Waals surface area contributed by atoms with Gasteiger partial charge >= 0.3 is 12.0 Å². The summed E-state index contributed by atoms with van der Waals surface area (Å²) in [5, 5.41) is 16.8. The van der Waals surface area contributed by atoms with Crippen LogP contribution in [0.1, 0.15) is 49.5 Å². The molecule has 0 radical (unpaired) electrons. The third-order valence-electron chi connectivity index (χ3n) is 5.14. The smallest absolute Gasteiger partial charge is 0.322 e. The van der Waals surface area contributed by atoms with Gasteiger partial charge in [-0.05, 0) is 37.5 Å². The second-order valence-electron chi connectivity index (χ2n) is 6.59. The van der Waals surface area contributed by atoms with Gasteiger partial charge in [0.1, 0.15) is 5.54 Å². The average Bonchev–Trinajstić information content (AvgIpc) is 2.89. The van der Waals surface area contributed by atoms with Crippen molar-refractivity contribution >= 4 is 23.8 Å². The highest BCUT2D eigenvalue weighted by molar-refractivity contribution is 6.07. The molecule has 0 spiro atoms. The molecule has 4 N–H and O–H groups in total. The van der Waals surface area contributed by atoms with Crippen LogP contribution in [0.5, 0.6) is 0 Å². The van der Waals surface area contributed by atoms with Crippen LogP contribution in [0.25, 0.3) is 0 Å². The standard InChI is InChI=1S/C18H23N3O5/c1-4-18(5-2,15(24)25)10-19-13(22)11-7-6-8-12(9-11)17(3)14(23)20-16(26)21-17/h6-9H,4-5,10H2,1-3H3,(H,19,22)(H,24,25)(H2,20,21,23,26). The summed E-state index contributed by atoms with van der Waals surface area (Å²) >= 11 is 0. The minimum absolute atomic E-state index is 0.00683. The molecule has 1 unspecified atom stereocenters. The Hall–Kier alpha value is -2.90. The molecule has 1 aliphatic rings. The van der Waals surface area contributed by atoms with E-state index >= 15 is 0 Å². The molecule has 26 heavy (non-hydrogen) atoms. The molecule has 1 aromatic carbocycles. The molecule has 2 rings (SSSR count). The first-order chi connectivity index (χ1) is 12.2. The predicted molar refractivity (Wildman–Crippen MR) is 93.5 cm³/mol. The fourth-order valence-corrected chi connectivity index (χ4v) is 2.95. The maximum absolute atomic E-state index is 12.5. The zero-order chi connectivity index (χ0) is 19.5. The Morgan fingerprint density at radius 2 is 1.88 bits per heavy atom. The Labute approximate surface area is 151 Å². The van der Waals surface area contributed by atoms with E-state index in [4.69, 9.17) is 0 Å². The lowest BCUT2D eigenvalue weighted by Gasteiger charge is -2.27. The van der Waals surface area contributed by atoms with Crippen LogP contribution in [0.2, 0.25) is 0 Å². The summed E-state index contributed by atoms with van der Waals surface area (Å²) in [5.74, 6) is -1.89. The van der Waals surface area contributed by atoms with Crippen molar-refractivity contribution in [3.63, 3.8) is 0 Å². The predicted octanol–water partition coefficient (Wildman–Crippen LogP) is 1.36. The summed E-state index contributed by atoms with van der Waals surface area (Å²) in [6.45, 7) is 5.10. The number of imide groups is 1. The first-order valence-electron chi connectivity index (χ1n) is 8.44. The number of nitrogens with one attached hydrogen (secondary N) is 3. The minimum atomic E-state index is -1.26. The van der Waals surface area contributed by atoms with Gasteiger partial charge in [-0.25, -0.2) is 4.79 Å². The number of aliphatic carboxylic acids is 1. The van der Waals surface area contributed by atoms with Crippen LogP contribution in [0.15, 0.2) is 24.3 Å². The van der Waals surface area contributed by atoms with E-state index in [-0.39, 0.29) is 12.1 Å². The molecule has 1 heterocycles. The maximum Gasteiger partial charge on any atom is 0.322 e. The molecule has 1 aliphatic heterocycles. The maximum atomic E-state index is 12.5. The lowest BCUT2D eigenvalue weighted by atomic mass is 9.82. The monoisotopic (exact) mass is 361 g/mol. The number of urea groups is 1. The van der Waals surface area contributed by atoms with E-state index < -0.39 is 34.8 Å². The van der Waals surface area contributed by atoms with Crippen LogP contribution >= 0.6 is 0 Å². The van der Waals surface area contributed by atoms with Gasteiger partial charge in [0.2, 0.25) is 0 Å². The number of carbonyl (C=O) groups excluding carboxylic acids is 3. The molecule has 8 heteroatoms. The molecule has 140 valence electrons. The van der Waals surface area contributed by atoms with Crippen molar-refractivity contribution in [2.45, 2.75) is 39.2 Å². The number of rotatable bonds is 7. The number of benzene rings is 1. The molecule has 0 bridgehead atoms. The Kier molecular flexibility index (Phi) is 5.34. The molecule has 1 aromatic rings. The van der Waals surface area contributed by atoms with Crippen LogP contribution in [0.4, 0.5) is 4.79 Å². The summed E-state index contributed by atoms with van der Waals surface area (Å²) in [7, 11) is 0. The van der Waals surface area contributed by atoms with E-state index in [1.807, 2.05) is 0 Å². The van der Waals surface area contributed by atoms with Gasteiger partial charge in [-0.3, -0.25) is 19.7 Å². The van der Waals surface area contributed by atoms with Crippen molar-refractivity contribution in [1.29, 1.82) is 0 Å². The zero-order valence-electron chi connectivity index (χ0n) is 15.0. The van der Waals surface area contributed by atoms with Crippen molar-refractivity contribution in [1.82, 2.24) is 16.0 Å². The zero-order valence-corrected chi connectivity index (χ0v) is 15.0. The summed E-state index contributed by atoms with van der Waals surface area (Å²) < 4.78 is 0. The van der Waals surface area contributed by atoms with Crippen LogP contribution < -0.4 is 16.0 Å². The number of hydrogen-bond acceptors (Lipinski definition) is 4. The molecular weight excluding hydrogens is 338 g/mol. The molecule has 4 amide bonds. The van der Waals surface area contributed by atoms with E-state index in [9.17, 15) is 24.3 Å². The van der Waals surface area contributed by atoms with E-state index in [0.29, 0.717) is 18.4 Å². The summed E-state index contributed by atoms with van der Waals surface area (Å²) in [4.78, 5) is 47.5. The van der Waals surface area contributed by atoms with Gasteiger partial charge in [-0.2, -0.15) is 0 Å². The van der Waals surface area contributed by atoms with E-state index in [0.717, 1.165) is 0 Å². The minimum Gasteiger partial charge on any atom is -0.481 e. The van der Waals surface area contributed by atoms with Gasteiger partial charge in [0.05, 0.1) is 5.41 Å². The lowest BCUT2D eigenvalue weighted by molar-refractivity contribution is -0.149. The Bertz CT molecular complexity index is 757. The highest BCUT2D eigenvalue weighted by Crippen LogP contribution is 2.27. The van der Waals surface area contributed by atoms with Crippen molar-refractivity contribution in [3.05, 3.63) is 35.4 Å². The SMILES string of the molecule is CCC(CC)(CNC(=O)c1cccc(C2(C)NC(=O)NC2=O)c1)C(=O)O. The Morgan fingerprint density at radius 3 is 2.38 bits per heavy atom. The molecule has 1 fully saturated rings. The van der Waals surface area contributed by atoms with Crippen LogP contribution in [0, 0.1) is 5.41 Å². The highest BCUT2D eigenvalue weighted by atomic mass is 16.4. The van der Waals surface area contributed by atoms with Gasteiger partial charge in [0, 0.05) is 12.1 Å². The Morgan fingerprint density at radius 1 is 1.23 bits per heavy atom. The molecule has 8 nitrogen and oxygen atoms in total. The third kappa shape index (κ3) is 3.40. The van der Waals surface area contributed by atoms with Gasteiger partial charge in [0.25, 0.3) is 11.8 Å². The summed E-state index contributed by atoms with van der Waals surface area (Å²) in [5.41, 5.74) is -1.53. The van der Waals surface area contributed by atoms with E-state index in [1.54, 1.807) is 39.0 Å².